The van der Waals surface area contributed by atoms with Gasteiger partial charge in [0.25, 0.3) is 0 Å². The number of rotatable bonds is 4. The second-order valence-electron chi connectivity index (χ2n) is 9.43. The number of nitrogens with zero attached hydrogens (tertiary/aromatic N) is 2. The summed E-state index contributed by atoms with van der Waals surface area (Å²) >= 11 is 1.67. The molecular weight excluding hydrogens is 372 g/mol. The number of aromatic nitrogens is 1. The fourth-order valence-electron chi connectivity index (χ4n) is 6.52. The predicted molar refractivity (Wildman–Crippen MR) is 109 cm³/mol. The van der Waals surface area contributed by atoms with Crippen LogP contribution in [0.25, 0.3) is 10.2 Å². The van der Waals surface area contributed by atoms with Crippen LogP contribution in [-0.2, 0) is 9.53 Å². The molecule has 0 radical (unpaired) electrons. The summed E-state index contributed by atoms with van der Waals surface area (Å²) < 4.78 is 12.6. The van der Waals surface area contributed by atoms with Crippen LogP contribution < -0.4 is 9.64 Å². The molecule has 4 aliphatic carbocycles. The van der Waals surface area contributed by atoms with Gasteiger partial charge in [-0.2, -0.15) is 0 Å². The van der Waals surface area contributed by atoms with Crippen LogP contribution in [0.2, 0.25) is 0 Å². The third kappa shape index (κ3) is 2.56. The lowest BCUT2D eigenvalue weighted by Gasteiger charge is -2.55. The number of esters is 1. The SMILES string of the molecule is COc1cccc2sc(N3CC(OC(=O)C45CC6CC(CC(C6)C4)C5)C3)nc12. The van der Waals surface area contributed by atoms with Gasteiger partial charge in [0.2, 0.25) is 0 Å². The number of carbonyl (C=O) groups excluding carboxylic acids is 1. The summed E-state index contributed by atoms with van der Waals surface area (Å²) in [5, 5.41) is 0.988. The molecule has 1 saturated heterocycles. The molecule has 2 heterocycles. The number of benzene rings is 1. The van der Waals surface area contributed by atoms with Gasteiger partial charge in [0.15, 0.2) is 5.13 Å². The summed E-state index contributed by atoms with van der Waals surface area (Å²) in [6.45, 7) is 1.50. The molecule has 2 aromatic rings. The number of methoxy groups -OCH3 is 1. The lowest BCUT2D eigenvalue weighted by Crippen LogP contribution is -2.56. The van der Waals surface area contributed by atoms with Crippen molar-refractivity contribution in [3.63, 3.8) is 0 Å². The van der Waals surface area contributed by atoms with Crippen LogP contribution in [-0.4, -0.2) is 37.3 Å². The summed E-state index contributed by atoms with van der Waals surface area (Å²) in [5.41, 5.74) is 0.761. The number of hydrogen-bond donors (Lipinski definition) is 0. The largest absolute Gasteiger partial charge is 0.494 e. The third-order valence-corrected chi connectivity index (χ3v) is 8.54. The normalized spacial score (nSPS) is 33.9. The van der Waals surface area contributed by atoms with Crippen molar-refractivity contribution < 1.29 is 14.3 Å². The molecule has 0 spiro atoms. The summed E-state index contributed by atoms with van der Waals surface area (Å²) in [5.74, 6) is 3.23. The number of thiazole rings is 1. The molecule has 0 amide bonds. The van der Waals surface area contributed by atoms with E-state index in [1.165, 1.54) is 19.3 Å². The Bertz CT molecular complexity index is 898. The van der Waals surface area contributed by atoms with E-state index in [1.54, 1.807) is 18.4 Å². The van der Waals surface area contributed by atoms with Crippen LogP contribution in [0.15, 0.2) is 18.2 Å². The molecule has 4 bridgehead atoms. The Hall–Kier alpha value is -1.82. The smallest absolute Gasteiger partial charge is 0.312 e. The molecule has 4 saturated carbocycles. The van der Waals surface area contributed by atoms with Crippen molar-refractivity contribution in [2.24, 2.45) is 23.2 Å². The minimum atomic E-state index is -0.154. The molecule has 5 fully saturated rings. The van der Waals surface area contributed by atoms with Gasteiger partial charge in [-0.25, -0.2) is 4.98 Å². The van der Waals surface area contributed by atoms with Gasteiger partial charge >= 0.3 is 5.97 Å². The summed E-state index contributed by atoms with van der Waals surface area (Å²) in [4.78, 5) is 20.1. The standard InChI is InChI=1S/C22H26N2O3S/c1-26-17-3-2-4-18-19(17)23-21(28-18)24-11-16(12-24)27-20(25)22-8-13-5-14(9-22)7-15(6-13)10-22/h2-4,13-16H,5-12H2,1H3. The van der Waals surface area contributed by atoms with E-state index in [9.17, 15) is 4.79 Å². The summed E-state index contributed by atoms with van der Waals surface area (Å²) in [6.07, 6.45) is 7.29. The quantitative estimate of drug-likeness (QED) is 0.721. The van der Waals surface area contributed by atoms with Crippen molar-refractivity contribution in [1.29, 1.82) is 0 Å². The average Bonchev–Trinajstić information content (AvgIpc) is 3.06. The fraction of sp³-hybridized carbons (Fsp3) is 0.636. The topological polar surface area (TPSA) is 51.7 Å². The van der Waals surface area contributed by atoms with Crippen LogP contribution in [0.3, 0.4) is 0 Å². The first-order valence-electron chi connectivity index (χ1n) is 10.5. The van der Waals surface area contributed by atoms with Gasteiger partial charge in [0, 0.05) is 0 Å². The van der Waals surface area contributed by atoms with Gasteiger partial charge in [-0.1, -0.05) is 17.4 Å². The van der Waals surface area contributed by atoms with E-state index in [0.29, 0.717) is 0 Å². The van der Waals surface area contributed by atoms with Crippen molar-refractivity contribution in [3.05, 3.63) is 18.2 Å². The van der Waals surface area contributed by atoms with E-state index < -0.39 is 0 Å². The Labute approximate surface area is 169 Å². The maximum atomic E-state index is 13.1. The molecule has 0 atom stereocenters. The highest BCUT2D eigenvalue weighted by atomic mass is 32.1. The van der Waals surface area contributed by atoms with Crippen molar-refractivity contribution in [2.45, 2.75) is 44.6 Å². The number of anilines is 1. The molecule has 1 aliphatic heterocycles. The van der Waals surface area contributed by atoms with E-state index in [4.69, 9.17) is 14.5 Å². The average molecular weight is 399 g/mol. The monoisotopic (exact) mass is 398 g/mol. The molecule has 6 heteroatoms. The minimum Gasteiger partial charge on any atom is -0.494 e. The van der Waals surface area contributed by atoms with E-state index in [0.717, 1.165) is 71.2 Å². The lowest BCUT2D eigenvalue weighted by atomic mass is 9.49. The van der Waals surface area contributed by atoms with Crippen molar-refractivity contribution in [1.82, 2.24) is 4.98 Å². The first kappa shape index (κ1) is 17.1. The van der Waals surface area contributed by atoms with Crippen LogP contribution in [0, 0.1) is 23.2 Å². The molecule has 0 N–H and O–H groups in total. The number of carbonyl (C=O) groups is 1. The van der Waals surface area contributed by atoms with Crippen LogP contribution in [0.1, 0.15) is 38.5 Å². The summed E-state index contributed by atoms with van der Waals surface area (Å²) in [7, 11) is 1.68. The van der Waals surface area contributed by atoms with E-state index in [1.807, 2.05) is 12.1 Å². The Morgan fingerprint density at radius 3 is 2.46 bits per heavy atom. The Morgan fingerprint density at radius 2 is 1.82 bits per heavy atom. The maximum Gasteiger partial charge on any atom is 0.312 e. The predicted octanol–water partition coefficient (Wildman–Crippen LogP) is 4.25. The van der Waals surface area contributed by atoms with Gasteiger partial charge in [-0.15, -0.1) is 0 Å². The van der Waals surface area contributed by atoms with Gasteiger partial charge in [0.05, 0.1) is 30.3 Å². The molecule has 0 unspecified atom stereocenters. The molecule has 7 rings (SSSR count). The number of ether oxygens (including phenoxy) is 2. The van der Waals surface area contributed by atoms with Crippen molar-refractivity contribution in [2.75, 3.05) is 25.1 Å². The molecule has 148 valence electrons. The van der Waals surface area contributed by atoms with E-state index in [2.05, 4.69) is 11.0 Å². The van der Waals surface area contributed by atoms with Gasteiger partial charge in [-0.05, 0) is 68.4 Å². The zero-order valence-electron chi connectivity index (χ0n) is 16.2. The maximum absolute atomic E-state index is 13.1. The molecule has 5 nitrogen and oxygen atoms in total. The highest BCUT2D eigenvalue weighted by Gasteiger charge is 2.56. The number of para-hydroxylation sites is 1. The molecular formula is C22H26N2O3S. The first-order valence-corrected chi connectivity index (χ1v) is 11.3. The Kier molecular flexibility index (Phi) is 3.71. The number of fused-ring (bicyclic) bond motifs is 1. The van der Waals surface area contributed by atoms with Crippen molar-refractivity contribution in [3.8, 4) is 5.75 Å². The molecule has 1 aromatic carbocycles. The minimum absolute atomic E-state index is 0.00872. The fourth-order valence-corrected chi connectivity index (χ4v) is 7.52. The zero-order chi connectivity index (χ0) is 18.9. The van der Waals surface area contributed by atoms with Gasteiger partial charge < -0.3 is 14.4 Å². The second kappa shape index (κ2) is 6.09. The zero-order valence-corrected chi connectivity index (χ0v) is 17.0. The highest BCUT2D eigenvalue weighted by Crippen LogP contribution is 2.60. The van der Waals surface area contributed by atoms with Crippen molar-refractivity contribution >= 4 is 32.7 Å². The van der Waals surface area contributed by atoms with Crippen LogP contribution in [0.5, 0.6) is 5.75 Å². The third-order valence-electron chi connectivity index (χ3n) is 7.45. The Balaban J connectivity index is 1.12. The first-order chi connectivity index (χ1) is 13.6. The number of hydrogen-bond acceptors (Lipinski definition) is 6. The van der Waals surface area contributed by atoms with Gasteiger partial charge in [-0.3, -0.25) is 4.79 Å². The summed E-state index contributed by atoms with van der Waals surface area (Å²) in [6, 6.07) is 6.01. The molecule has 1 aromatic heterocycles. The van der Waals surface area contributed by atoms with E-state index in [-0.39, 0.29) is 17.5 Å². The lowest BCUT2D eigenvalue weighted by molar-refractivity contribution is -0.178. The van der Waals surface area contributed by atoms with Crippen LogP contribution >= 0.6 is 11.3 Å². The highest BCUT2D eigenvalue weighted by molar-refractivity contribution is 7.22. The molecule has 5 aliphatic rings. The molecule has 28 heavy (non-hydrogen) atoms. The Morgan fingerprint density at radius 1 is 1.14 bits per heavy atom. The van der Waals surface area contributed by atoms with Crippen LogP contribution in [0.4, 0.5) is 5.13 Å². The second-order valence-corrected chi connectivity index (χ2v) is 10.4. The van der Waals surface area contributed by atoms with E-state index >= 15 is 0 Å². The van der Waals surface area contributed by atoms with Gasteiger partial charge in [0.1, 0.15) is 17.4 Å².